The first-order chi connectivity index (χ1) is 8.18. The third-order valence-corrected chi connectivity index (χ3v) is 4.27. The lowest BCUT2D eigenvalue weighted by Crippen LogP contribution is -2.48. The fraction of sp³-hybridized carbons (Fsp3) is 0.857. The van der Waals surface area contributed by atoms with Crippen molar-refractivity contribution in [2.24, 2.45) is 11.3 Å². The summed E-state index contributed by atoms with van der Waals surface area (Å²) in [5.74, 6) is 0.707. The molecular formula is C14H22N2O. The highest BCUT2D eigenvalue weighted by atomic mass is 16.2. The second-order valence-electron chi connectivity index (χ2n) is 5.75. The minimum atomic E-state index is -0.685. The van der Waals surface area contributed by atoms with Crippen molar-refractivity contribution in [2.75, 3.05) is 13.1 Å². The molecule has 17 heavy (non-hydrogen) atoms. The molecule has 1 saturated carbocycles. The number of amides is 1. The van der Waals surface area contributed by atoms with E-state index in [0.29, 0.717) is 5.92 Å². The minimum Gasteiger partial charge on any atom is -0.341 e. The smallest absolute Gasteiger partial charge is 0.243 e. The monoisotopic (exact) mass is 234 g/mol. The predicted octanol–water partition coefficient (Wildman–Crippen LogP) is 2.72. The van der Waals surface area contributed by atoms with E-state index in [9.17, 15) is 10.1 Å². The Hall–Kier alpha value is -1.04. The van der Waals surface area contributed by atoms with Crippen molar-refractivity contribution in [1.82, 2.24) is 4.90 Å². The molecule has 0 spiro atoms. The van der Waals surface area contributed by atoms with Gasteiger partial charge in [0.25, 0.3) is 0 Å². The zero-order valence-electron chi connectivity index (χ0n) is 10.7. The van der Waals surface area contributed by atoms with E-state index in [-0.39, 0.29) is 5.91 Å². The summed E-state index contributed by atoms with van der Waals surface area (Å²) in [5, 5.41) is 9.41. The number of hydrogen-bond acceptors (Lipinski definition) is 2. The molecule has 2 rings (SSSR count). The highest BCUT2D eigenvalue weighted by Gasteiger charge is 2.42. The van der Waals surface area contributed by atoms with Gasteiger partial charge in [-0.25, -0.2) is 0 Å². The molecule has 1 saturated heterocycles. The highest BCUT2D eigenvalue weighted by molar-refractivity contribution is 5.85. The van der Waals surface area contributed by atoms with Crippen LogP contribution in [0.5, 0.6) is 0 Å². The van der Waals surface area contributed by atoms with E-state index >= 15 is 0 Å². The van der Waals surface area contributed by atoms with E-state index in [1.807, 2.05) is 4.90 Å². The first-order valence-corrected chi connectivity index (χ1v) is 6.88. The molecule has 0 radical (unpaired) electrons. The van der Waals surface area contributed by atoms with Crippen LogP contribution in [-0.4, -0.2) is 23.9 Å². The van der Waals surface area contributed by atoms with Gasteiger partial charge in [-0.05, 0) is 31.6 Å². The summed E-state index contributed by atoms with van der Waals surface area (Å²) >= 11 is 0. The second kappa shape index (κ2) is 5.08. The lowest BCUT2D eigenvalue weighted by Gasteiger charge is -2.38. The molecule has 1 aliphatic carbocycles. The number of nitrogens with zero attached hydrogens (tertiary/aromatic N) is 2. The fourth-order valence-corrected chi connectivity index (χ4v) is 3.21. The predicted molar refractivity (Wildman–Crippen MR) is 66.1 cm³/mol. The minimum absolute atomic E-state index is 0.117. The average molecular weight is 234 g/mol. The maximum absolute atomic E-state index is 12.6. The number of carbonyl (C=O) groups is 1. The SMILES string of the molecule is CC1CCCN(C(=O)C2(C#N)CCCCC2)C1. The van der Waals surface area contributed by atoms with Crippen LogP contribution in [0.3, 0.4) is 0 Å². The van der Waals surface area contributed by atoms with Gasteiger partial charge in [-0.2, -0.15) is 5.26 Å². The second-order valence-corrected chi connectivity index (χ2v) is 5.75. The molecule has 1 amide bonds. The largest absolute Gasteiger partial charge is 0.341 e. The fourth-order valence-electron chi connectivity index (χ4n) is 3.21. The maximum atomic E-state index is 12.6. The van der Waals surface area contributed by atoms with Gasteiger partial charge in [0.2, 0.25) is 5.91 Å². The molecule has 0 N–H and O–H groups in total. The van der Waals surface area contributed by atoms with Crippen LogP contribution in [0.25, 0.3) is 0 Å². The van der Waals surface area contributed by atoms with Crippen molar-refractivity contribution in [3.8, 4) is 6.07 Å². The Labute approximate surface area is 104 Å². The van der Waals surface area contributed by atoms with Gasteiger partial charge in [0.15, 0.2) is 0 Å². The Kier molecular flexibility index (Phi) is 3.71. The summed E-state index contributed by atoms with van der Waals surface area (Å²) in [7, 11) is 0. The van der Waals surface area contributed by atoms with Gasteiger partial charge in [-0.1, -0.05) is 26.2 Å². The van der Waals surface area contributed by atoms with Gasteiger partial charge >= 0.3 is 0 Å². The molecule has 0 aromatic rings. The van der Waals surface area contributed by atoms with E-state index in [0.717, 1.165) is 45.2 Å². The molecule has 1 heterocycles. The Morgan fingerprint density at radius 1 is 1.29 bits per heavy atom. The summed E-state index contributed by atoms with van der Waals surface area (Å²) in [6.07, 6.45) is 7.08. The van der Waals surface area contributed by atoms with Crippen molar-refractivity contribution < 1.29 is 4.79 Å². The van der Waals surface area contributed by atoms with Gasteiger partial charge in [0, 0.05) is 13.1 Å². The van der Waals surface area contributed by atoms with Crippen molar-refractivity contribution in [2.45, 2.75) is 51.9 Å². The molecular weight excluding hydrogens is 212 g/mol. The average Bonchev–Trinajstić information content (AvgIpc) is 2.38. The standard InChI is InChI=1S/C14H22N2O/c1-12-6-5-9-16(10-12)13(17)14(11-15)7-3-2-4-8-14/h12H,2-10H2,1H3. The van der Waals surface area contributed by atoms with Crippen LogP contribution >= 0.6 is 0 Å². The summed E-state index contributed by atoms with van der Waals surface area (Å²) in [6.45, 7) is 3.90. The van der Waals surface area contributed by atoms with Crippen LogP contribution in [0.4, 0.5) is 0 Å². The molecule has 1 unspecified atom stereocenters. The van der Waals surface area contributed by atoms with Crippen LogP contribution in [0, 0.1) is 22.7 Å². The highest BCUT2D eigenvalue weighted by Crippen LogP contribution is 2.38. The zero-order valence-corrected chi connectivity index (χ0v) is 10.7. The van der Waals surface area contributed by atoms with E-state index in [4.69, 9.17) is 0 Å². The summed E-state index contributed by atoms with van der Waals surface area (Å²) < 4.78 is 0. The van der Waals surface area contributed by atoms with Gasteiger partial charge in [0.05, 0.1) is 6.07 Å². The molecule has 2 aliphatic rings. The number of likely N-dealkylation sites (tertiary alicyclic amines) is 1. The molecule has 1 aliphatic heterocycles. The molecule has 0 bridgehead atoms. The first kappa shape index (κ1) is 12.4. The Balaban J connectivity index is 2.09. The molecule has 2 fully saturated rings. The van der Waals surface area contributed by atoms with E-state index in [2.05, 4.69) is 13.0 Å². The quantitative estimate of drug-likeness (QED) is 0.700. The van der Waals surface area contributed by atoms with E-state index < -0.39 is 5.41 Å². The lowest BCUT2D eigenvalue weighted by atomic mass is 9.74. The maximum Gasteiger partial charge on any atom is 0.243 e. The zero-order chi connectivity index (χ0) is 12.3. The van der Waals surface area contributed by atoms with Crippen molar-refractivity contribution in [3.05, 3.63) is 0 Å². The Bertz CT molecular complexity index is 326. The number of rotatable bonds is 1. The van der Waals surface area contributed by atoms with Crippen molar-refractivity contribution >= 4 is 5.91 Å². The molecule has 3 heteroatoms. The Morgan fingerprint density at radius 3 is 2.59 bits per heavy atom. The van der Waals surface area contributed by atoms with Crippen LogP contribution in [-0.2, 0) is 4.79 Å². The normalized spacial score (nSPS) is 28.5. The van der Waals surface area contributed by atoms with Crippen molar-refractivity contribution in [3.63, 3.8) is 0 Å². The molecule has 0 aromatic carbocycles. The third-order valence-electron chi connectivity index (χ3n) is 4.27. The van der Waals surface area contributed by atoms with Gasteiger partial charge in [0.1, 0.15) is 5.41 Å². The number of carbonyl (C=O) groups excluding carboxylic acids is 1. The Morgan fingerprint density at radius 2 is 2.00 bits per heavy atom. The van der Waals surface area contributed by atoms with Crippen LogP contribution < -0.4 is 0 Å². The van der Waals surface area contributed by atoms with Gasteiger partial charge in [-0.3, -0.25) is 4.79 Å². The van der Waals surface area contributed by atoms with Crippen molar-refractivity contribution in [1.29, 1.82) is 5.26 Å². The first-order valence-electron chi connectivity index (χ1n) is 6.88. The topological polar surface area (TPSA) is 44.1 Å². The van der Waals surface area contributed by atoms with E-state index in [1.165, 1.54) is 12.8 Å². The van der Waals surface area contributed by atoms with Crippen LogP contribution in [0.1, 0.15) is 51.9 Å². The number of nitriles is 1. The van der Waals surface area contributed by atoms with Crippen LogP contribution in [0.2, 0.25) is 0 Å². The number of piperidine rings is 1. The van der Waals surface area contributed by atoms with E-state index in [1.54, 1.807) is 0 Å². The molecule has 3 nitrogen and oxygen atoms in total. The van der Waals surface area contributed by atoms with Gasteiger partial charge < -0.3 is 4.90 Å². The molecule has 94 valence electrons. The third kappa shape index (κ3) is 2.46. The summed E-state index contributed by atoms with van der Waals surface area (Å²) in [5.41, 5.74) is -0.685. The molecule has 1 atom stereocenters. The molecule has 0 aromatic heterocycles. The van der Waals surface area contributed by atoms with Crippen LogP contribution in [0.15, 0.2) is 0 Å². The summed E-state index contributed by atoms with van der Waals surface area (Å²) in [4.78, 5) is 14.5. The number of hydrogen-bond donors (Lipinski definition) is 0. The van der Waals surface area contributed by atoms with Gasteiger partial charge in [-0.15, -0.1) is 0 Å². The summed E-state index contributed by atoms with van der Waals surface area (Å²) in [6, 6.07) is 2.34. The lowest BCUT2D eigenvalue weighted by molar-refractivity contribution is -0.142.